The van der Waals surface area contributed by atoms with Crippen molar-refractivity contribution in [2.45, 2.75) is 272 Å². The van der Waals surface area contributed by atoms with E-state index in [4.69, 9.17) is 28.4 Å². The molecule has 17 atom stereocenters. The molecule has 0 saturated carbocycles. The molecule has 496 valence electrons. The first-order valence-electron chi connectivity index (χ1n) is 32.3. The number of amides is 1. The molecule has 3 fully saturated rings. The maximum atomic E-state index is 13.3. The molecule has 0 aromatic heterocycles. The van der Waals surface area contributed by atoms with Crippen molar-refractivity contribution in [3.05, 3.63) is 122 Å². The van der Waals surface area contributed by atoms with Gasteiger partial charge in [-0.3, -0.25) is 4.79 Å². The third-order valence-corrected chi connectivity index (χ3v) is 15.2. The summed E-state index contributed by atoms with van der Waals surface area (Å²) >= 11 is 0. The highest BCUT2D eigenvalue weighted by Gasteiger charge is 2.53. The monoisotopic (exact) mass is 1230 g/mol. The molecule has 19 heteroatoms. The Labute approximate surface area is 518 Å². The zero-order valence-electron chi connectivity index (χ0n) is 51.9. The molecule has 0 spiro atoms. The van der Waals surface area contributed by atoms with E-state index in [-0.39, 0.29) is 18.9 Å². The molecule has 3 aliphatic rings. The topological polar surface area (TPSA) is 307 Å². The van der Waals surface area contributed by atoms with Gasteiger partial charge in [0, 0.05) is 6.42 Å². The number of nitrogens with one attached hydrogen (secondary N) is 1. The fourth-order valence-electron chi connectivity index (χ4n) is 9.98. The quantitative estimate of drug-likeness (QED) is 0.0211. The molecule has 3 heterocycles. The van der Waals surface area contributed by atoms with E-state index in [1.54, 1.807) is 6.08 Å². The van der Waals surface area contributed by atoms with Crippen LogP contribution in [0.15, 0.2) is 122 Å². The van der Waals surface area contributed by atoms with Gasteiger partial charge in [-0.2, -0.15) is 0 Å². The molecule has 19 nitrogen and oxygen atoms in total. The molecular weight excluding hydrogens is 1120 g/mol. The van der Waals surface area contributed by atoms with E-state index in [1.807, 2.05) is 6.08 Å². The zero-order chi connectivity index (χ0) is 63.3. The fraction of sp³-hybridized carbons (Fsp3) is 0.691. The first-order chi connectivity index (χ1) is 42.3. The van der Waals surface area contributed by atoms with Crippen molar-refractivity contribution in [2.24, 2.45) is 0 Å². The van der Waals surface area contributed by atoms with Crippen LogP contribution in [0.5, 0.6) is 0 Å². The van der Waals surface area contributed by atoms with Crippen molar-refractivity contribution in [2.75, 3.05) is 26.4 Å². The zero-order valence-corrected chi connectivity index (χ0v) is 51.9. The predicted molar refractivity (Wildman–Crippen MR) is 336 cm³/mol. The summed E-state index contributed by atoms with van der Waals surface area (Å²) in [5, 5.41) is 120. The van der Waals surface area contributed by atoms with Crippen LogP contribution in [0.25, 0.3) is 0 Å². The number of unbranched alkanes of at least 4 members (excludes halogenated alkanes) is 12. The maximum Gasteiger partial charge on any atom is 0.220 e. The van der Waals surface area contributed by atoms with Crippen molar-refractivity contribution < 1.29 is 89.4 Å². The molecule has 3 aliphatic heterocycles. The number of allylic oxidation sites excluding steroid dienone is 19. The Kier molecular flexibility index (Phi) is 43.6. The molecule has 1 amide bonds. The Morgan fingerprint density at radius 2 is 0.805 bits per heavy atom. The molecule has 0 radical (unpaired) electrons. The van der Waals surface area contributed by atoms with Gasteiger partial charge in [0.05, 0.1) is 38.6 Å². The number of hydrogen-bond donors (Lipinski definition) is 12. The van der Waals surface area contributed by atoms with Gasteiger partial charge < -0.3 is 89.9 Å². The Balaban J connectivity index is 1.37. The lowest BCUT2D eigenvalue weighted by molar-refractivity contribution is -0.379. The molecule has 17 unspecified atom stereocenters. The minimum Gasteiger partial charge on any atom is -0.394 e. The van der Waals surface area contributed by atoms with Crippen LogP contribution in [0, 0.1) is 0 Å². The summed E-state index contributed by atoms with van der Waals surface area (Å²) in [5.74, 6) is -0.304. The number of hydrogen-bond acceptors (Lipinski definition) is 18. The molecule has 12 N–H and O–H groups in total. The minimum atomic E-state index is -1.99. The average Bonchev–Trinajstić information content (AvgIpc) is 1.04. The lowest BCUT2D eigenvalue weighted by Gasteiger charge is -2.48. The van der Waals surface area contributed by atoms with Crippen LogP contribution in [-0.4, -0.2) is 193 Å². The Hall–Kier alpha value is -3.81. The largest absolute Gasteiger partial charge is 0.394 e. The van der Waals surface area contributed by atoms with E-state index in [0.717, 1.165) is 122 Å². The van der Waals surface area contributed by atoms with Crippen molar-refractivity contribution >= 4 is 5.91 Å². The van der Waals surface area contributed by atoms with E-state index in [0.29, 0.717) is 12.8 Å². The minimum absolute atomic E-state index is 0.216. The molecule has 0 aliphatic carbocycles. The normalized spacial score (nSPS) is 29.4. The van der Waals surface area contributed by atoms with Crippen molar-refractivity contribution in [3.8, 4) is 0 Å². The van der Waals surface area contributed by atoms with Gasteiger partial charge in [0.25, 0.3) is 0 Å². The number of rotatable bonds is 46. The van der Waals surface area contributed by atoms with Gasteiger partial charge in [-0.15, -0.1) is 0 Å². The van der Waals surface area contributed by atoms with Gasteiger partial charge in [0.15, 0.2) is 18.9 Å². The Morgan fingerprint density at radius 1 is 0.425 bits per heavy atom. The smallest absolute Gasteiger partial charge is 0.220 e. The van der Waals surface area contributed by atoms with Crippen LogP contribution < -0.4 is 5.32 Å². The summed E-state index contributed by atoms with van der Waals surface area (Å²) in [5.41, 5.74) is 0. The summed E-state index contributed by atoms with van der Waals surface area (Å²) in [7, 11) is 0. The van der Waals surface area contributed by atoms with Gasteiger partial charge in [0.1, 0.15) is 73.2 Å². The van der Waals surface area contributed by atoms with Gasteiger partial charge in [-0.1, -0.05) is 187 Å². The maximum absolute atomic E-state index is 13.3. The second-order valence-electron chi connectivity index (χ2n) is 22.5. The molecular formula is C68H111NO18. The van der Waals surface area contributed by atoms with E-state index in [2.05, 4.69) is 129 Å². The van der Waals surface area contributed by atoms with Crippen molar-refractivity contribution in [1.29, 1.82) is 0 Å². The molecule has 0 bridgehead atoms. The van der Waals surface area contributed by atoms with Crippen LogP contribution in [0.2, 0.25) is 0 Å². The number of carbonyl (C=O) groups excluding carboxylic acids is 1. The summed E-state index contributed by atoms with van der Waals surface area (Å²) in [6, 6.07) is -1.00. The predicted octanol–water partition coefficient (Wildman–Crippen LogP) is 7.26. The Morgan fingerprint density at radius 3 is 1.29 bits per heavy atom. The van der Waals surface area contributed by atoms with Crippen LogP contribution in [-0.2, 0) is 33.2 Å². The van der Waals surface area contributed by atoms with Crippen LogP contribution >= 0.6 is 0 Å². The number of ether oxygens (including phenoxy) is 6. The highest BCUT2D eigenvalue weighted by molar-refractivity contribution is 5.76. The van der Waals surface area contributed by atoms with E-state index < -0.39 is 124 Å². The van der Waals surface area contributed by atoms with Crippen LogP contribution in [0.3, 0.4) is 0 Å². The van der Waals surface area contributed by atoms with E-state index in [1.165, 1.54) is 12.8 Å². The van der Waals surface area contributed by atoms with E-state index >= 15 is 0 Å². The Bertz CT molecular complexity index is 2050. The van der Waals surface area contributed by atoms with Crippen molar-refractivity contribution in [3.63, 3.8) is 0 Å². The number of aliphatic hydroxyl groups excluding tert-OH is 11. The first-order valence-corrected chi connectivity index (χ1v) is 32.3. The third-order valence-electron chi connectivity index (χ3n) is 15.2. The van der Waals surface area contributed by atoms with Gasteiger partial charge in [-0.05, 0) is 96.3 Å². The van der Waals surface area contributed by atoms with Crippen LogP contribution in [0.4, 0.5) is 0 Å². The molecule has 3 saturated heterocycles. The molecule has 0 aromatic carbocycles. The van der Waals surface area contributed by atoms with Crippen molar-refractivity contribution in [1.82, 2.24) is 5.32 Å². The second-order valence-corrected chi connectivity index (χ2v) is 22.5. The number of carbonyl (C=O) groups is 1. The summed E-state index contributed by atoms with van der Waals surface area (Å²) in [6.07, 6.45) is 39.3. The lowest BCUT2D eigenvalue weighted by Crippen LogP contribution is -2.66. The number of aliphatic hydroxyl groups is 11. The second kappa shape index (κ2) is 49.0. The molecule has 87 heavy (non-hydrogen) atoms. The summed E-state index contributed by atoms with van der Waals surface area (Å²) in [4.78, 5) is 13.3. The van der Waals surface area contributed by atoms with Crippen LogP contribution in [0.1, 0.15) is 168 Å². The molecule has 3 rings (SSSR count). The standard InChI is InChI=1S/C68H111NO18/c1-3-5-7-9-11-13-14-15-16-17-18-19-20-21-22-23-24-25-26-27-28-29-30-31-32-33-34-35-36-38-40-42-44-46-56(74)69-51(52(73)45-43-41-39-37-12-10-8-6-4-2)50-82-66-62(80)59(77)64(54(48-71)84-66)87-68-63(81)60(78)65(55(49-72)85-68)86-67-61(79)58(76)57(75)53(47-70)83-67/h5,7,11-13,15-16,18-19,21-22,24-25,27-28,30-31,37,43,45,51-55,57-68,70-73,75-81H,3-4,6,8-10,14,17,20,23,26,29,32-36,38-42,44,46-50H2,1-2H3,(H,69,74)/b7-5-,13-11-,16-15-,19-18-,22-21-,25-24-,28-27-,31-30-,37-12+,45-43+. The van der Waals surface area contributed by atoms with Gasteiger partial charge in [0.2, 0.25) is 5.91 Å². The van der Waals surface area contributed by atoms with Gasteiger partial charge >= 0.3 is 0 Å². The lowest BCUT2D eigenvalue weighted by atomic mass is 9.96. The third kappa shape index (κ3) is 31.7. The average molecular weight is 1230 g/mol. The van der Waals surface area contributed by atoms with Gasteiger partial charge in [-0.25, -0.2) is 0 Å². The summed E-state index contributed by atoms with van der Waals surface area (Å²) < 4.78 is 34.2. The molecule has 0 aromatic rings. The highest BCUT2D eigenvalue weighted by Crippen LogP contribution is 2.33. The first kappa shape index (κ1) is 77.4. The highest BCUT2D eigenvalue weighted by atomic mass is 16.8. The fourth-order valence-corrected chi connectivity index (χ4v) is 9.98. The SMILES string of the molecule is CC/C=C\C/C=C\C/C=C\C/C=C\C/C=C\C/C=C\C/C=C\C/C=C\CCCCCCCCCCC(=O)NC(COC1OC(CO)C(OC2OC(CO)C(OC3OC(CO)C(O)C(O)C3O)C(O)C2O)C(O)C1O)C(O)/C=C/CC/C=C/CCCCC. The van der Waals surface area contributed by atoms with E-state index in [9.17, 15) is 61.0 Å². The summed E-state index contributed by atoms with van der Waals surface area (Å²) in [6.45, 7) is 1.48.